The average molecular weight is 278 g/mol. The Hall–Kier alpha value is -2.41. The molecule has 1 aromatic carbocycles. The first-order valence-electron chi connectivity index (χ1n) is 6.04. The van der Waals surface area contributed by atoms with E-state index in [0.717, 1.165) is 11.1 Å². The second-order valence-electron chi connectivity index (χ2n) is 4.47. The van der Waals surface area contributed by atoms with Gasteiger partial charge >= 0.3 is 0 Å². The summed E-state index contributed by atoms with van der Waals surface area (Å²) in [7, 11) is 0. The number of amides is 1. The molecule has 0 aromatic heterocycles. The molecule has 0 saturated heterocycles. The molecule has 1 rings (SSSR count). The van der Waals surface area contributed by atoms with Crippen molar-refractivity contribution in [2.45, 2.75) is 13.8 Å². The Labute approximate surface area is 116 Å². The number of hydrogen-bond donors (Lipinski definition) is 3. The molecule has 0 aliphatic rings. The fourth-order valence-electron chi connectivity index (χ4n) is 1.54. The van der Waals surface area contributed by atoms with Gasteiger partial charge in [-0.25, -0.2) is 0 Å². The van der Waals surface area contributed by atoms with Gasteiger partial charge in [-0.2, -0.15) is 0 Å². The van der Waals surface area contributed by atoms with Crippen LogP contribution in [-0.2, 0) is 0 Å². The Morgan fingerprint density at radius 1 is 1.35 bits per heavy atom. The smallest absolute Gasteiger partial charge is 0.293 e. The van der Waals surface area contributed by atoms with Crippen LogP contribution in [0.15, 0.2) is 29.3 Å². The molecule has 0 aliphatic heterocycles. The lowest BCUT2D eigenvalue weighted by Gasteiger charge is -2.10. The quantitative estimate of drug-likeness (QED) is 0.412. The highest BCUT2D eigenvalue weighted by Gasteiger charge is 2.16. The molecule has 0 heterocycles. The molecule has 20 heavy (non-hydrogen) atoms. The Morgan fingerprint density at radius 2 is 2.00 bits per heavy atom. The molecule has 108 valence electrons. The van der Waals surface area contributed by atoms with Crippen LogP contribution in [0.3, 0.4) is 0 Å². The molecule has 0 spiro atoms. The number of nitro benzene ring substituents is 1. The van der Waals surface area contributed by atoms with E-state index >= 15 is 0 Å². The van der Waals surface area contributed by atoms with E-state index in [2.05, 4.69) is 5.32 Å². The first-order chi connectivity index (χ1) is 9.36. The molecule has 0 bridgehead atoms. The van der Waals surface area contributed by atoms with Crippen LogP contribution in [0.2, 0.25) is 0 Å². The predicted octanol–water partition coefficient (Wildman–Crippen LogP) is 1.40. The van der Waals surface area contributed by atoms with E-state index < -0.39 is 10.8 Å². The molecule has 7 nitrogen and oxygen atoms in total. The average Bonchev–Trinajstić information content (AvgIpc) is 2.43. The van der Waals surface area contributed by atoms with E-state index in [9.17, 15) is 14.9 Å². The Balaban J connectivity index is 3.01. The maximum Gasteiger partial charge on any atom is 0.293 e. The third-order valence-corrected chi connectivity index (χ3v) is 3.06. The van der Waals surface area contributed by atoms with Gasteiger partial charge in [-0.15, -0.1) is 0 Å². The molecule has 5 N–H and O–H groups in total. The lowest BCUT2D eigenvalue weighted by atomic mass is 10.1. The SMILES string of the molecule is CC(CN)=C(C)CNc1ccc(C(N)=O)cc1[N+](=O)[O-]. The van der Waals surface area contributed by atoms with E-state index in [1.807, 2.05) is 13.8 Å². The Kier molecular flexibility index (Phi) is 5.22. The minimum Gasteiger partial charge on any atom is -0.376 e. The maximum atomic E-state index is 11.0. The number of nitrogens with zero attached hydrogens (tertiary/aromatic N) is 1. The van der Waals surface area contributed by atoms with Gasteiger partial charge < -0.3 is 16.8 Å². The minimum absolute atomic E-state index is 0.104. The lowest BCUT2D eigenvalue weighted by molar-refractivity contribution is -0.384. The molecule has 0 radical (unpaired) electrons. The van der Waals surface area contributed by atoms with Crippen LogP contribution in [-0.4, -0.2) is 23.9 Å². The van der Waals surface area contributed by atoms with Gasteiger partial charge in [-0.1, -0.05) is 11.1 Å². The second kappa shape index (κ2) is 6.67. The number of nitro groups is 1. The van der Waals surface area contributed by atoms with Gasteiger partial charge in [0.15, 0.2) is 0 Å². The molecule has 1 aromatic rings. The number of hydrogen-bond acceptors (Lipinski definition) is 5. The van der Waals surface area contributed by atoms with Crippen molar-refractivity contribution in [2.24, 2.45) is 11.5 Å². The minimum atomic E-state index is -0.699. The summed E-state index contributed by atoms with van der Waals surface area (Å²) >= 11 is 0. The topological polar surface area (TPSA) is 124 Å². The normalized spacial score (nSPS) is 11.8. The van der Waals surface area contributed by atoms with Crippen molar-refractivity contribution in [1.82, 2.24) is 0 Å². The van der Waals surface area contributed by atoms with Gasteiger partial charge in [0, 0.05) is 24.7 Å². The van der Waals surface area contributed by atoms with Crippen LogP contribution in [0.5, 0.6) is 0 Å². The number of primary amides is 1. The van der Waals surface area contributed by atoms with Crippen molar-refractivity contribution < 1.29 is 9.72 Å². The third-order valence-electron chi connectivity index (χ3n) is 3.06. The first kappa shape index (κ1) is 15.6. The molecule has 1 amide bonds. The zero-order valence-electron chi connectivity index (χ0n) is 11.5. The van der Waals surface area contributed by atoms with Crippen molar-refractivity contribution in [2.75, 3.05) is 18.4 Å². The third kappa shape index (κ3) is 3.79. The number of carbonyl (C=O) groups excluding carboxylic acids is 1. The second-order valence-corrected chi connectivity index (χ2v) is 4.47. The fraction of sp³-hybridized carbons (Fsp3) is 0.308. The van der Waals surface area contributed by atoms with Crippen LogP contribution in [0, 0.1) is 10.1 Å². The van der Waals surface area contributed by atoms with Crippen LogP contribution in [0.25, 0.3) is 0 Å². The van der Waals surface area contributed by atoms with Crippen molar-refractivity contribution in [1.29, 1.82) is 0 Å². The molecular weight excluding hydrogens is 260 g/mol. The van der Waals surface area contributed by atoms with Crippen molar-refractivity contribution in [3.05, 3.63) is 45.0 Å². The summed E-state index contributed by atoms with van der Waals surface area (Å²) in [6, 6.07) is 4.09. The van der Waals surface area contributed by atoms with E-state index in [4.69, 9.17) is 11.5 Å². The summed E-state index contributed by atoms with van der Waals surface area (Å²) in [5, 5.41) is 14.0. The van der Waals surface area contributed by atoms with E-state index in [0.29, 0.717) is 18.8 Å². The molecule has 0 unspecified atom stereocenters. The molecule has 0 aliphatic carbocycles. The highest BCUT2D eigenvalue weighted by atomic mass is 16.6. The van der Waals surface area contributed by atoms with E-state index in [1.54, 1.807) is 0 Å². The number of rotatable bonds is 6. The largest absolute Gasteiger partial charge is 0.376 e. The van der Waals surface area contributed by atoms with Crippen LogP contribution in [0.4, 0.5) is 11.4 Å². The molecule has 7 heteroatoms. The number of nitrogens with two attached hydrogens (primary N) is 2. The summed E-state index contributed by atoms with van der Waals surface area (Å²) in [5.41, 5.74) is 12.9. The monoisotopic (exact) mass is 278 g/mol. The maximum absolute atomic E-state index is 11.0. The van der Waals surface area contributed by atoms with Crippen LogP contribution in [0.1, 0.15) is 24.2 Å². The van der Waals surface area contributed by atoms with Gasteiger partial charge in [0.1, 0.15) is 5.69 Å². The van der Waals surface area contributed by atoms with Gasteiger partial charge in [-0.05, 0) is 26.0 Å². The molecular formula is C13H18N4O3. The number of nitrogens with one attached hydrogen (secondary N) is 1. The Morgan fingerprint density at radius 3 is 2.50 bits per heavy atom. The van der Waals surface area contributed by atoms with Crippen LogP contribution < -0.4 is 16.8 Å². The van der Waals surface area contributed by atoms with Gasteiger partial charge in [0.2, 0.25) is 5.91 Å². The zero-order valence-corrected chi connectivity index (χ0v) is 11.5. The molecule has 0 saturated carbocycles. The lowest BCUT2D eigenvalue weighted by Crippen LogP contribution is -2.13. The van der Waals surface area contributed by atoms with Gasteiger partial charge in [0.25, 0.3) is 5.69 Å². The van der Waals surface area contributed by atoms with Crippen molar-refractivity contribution in [3.8, 4) is 0 Å². The molecule has 0 atom stereocenters. The number of carbonyl (C=O) groups is 1. The standard InChI is InChI=1S/C13H18N4O3/c1-8(6-14)9(2)7-16-11-4-3-10(13(15)18)5-12(11)17(19)20/h3-5,16H,6-7,14H2,1-2H3,(H2,15,18). The Bertz CT molecular complexity index is 567. The summed E-state index contributed by atoms with van der Waals surface area (Å²) < 4.78 is 0. The highest BCUT2D eigenvalue weighted by molar-refractivity contribution is 5.94. The zero-order chi connectivity index (χ0) is 15.3. The first-order valence-corrected chi connectivity index (χ1v) is 6.04. The summed E-state index contributed by atoms with van der Waals surface area (Å²) in [5.74, 6) is -0.699. The predicted molar refractivity (Wildman–Crippen MR) is 77.5 cm³/mol. The van der Waals surface area contributed by atoms with Gasteiger partial charge in [-0.3, -0.25) is 14.9 Å². The summed E-state index contributed by atoms with van der Waals surface area (Å²) in [6.45, 7) is 4.69. The highest BCUT2D eigenvalue weighted by Crippen LogP contribution is 2.25. The number of anilines is 1. The van der Waals surface area contributed by atoms with Crippen molar-refractivity contribution >= 4 is 17.3 Å². The van der Waals surface area contributed by atoms with E-state index in [-0.39, 0.29) is 11.3 Å². The summed E-state index contributed by atoms with van der Waals surface area (Å²) in [4.78, 5) is 21.5. The van der Waals surface area contributed by atoms with Gasteiger partial charge in [0.05, 0.1) is 4.92 Å². The fourth-order valence-corrected chi connectivity index (χ4v) is 1.54. The summed E-state index contributed by atoms with van der Waals surface area (Å²) in [6.07, 6.45) is 0. The number of benzene rings is 1. The molecule has 0 fully saturated rings. The van der Waals surface area contributed by atoms with Crippen LogP contribution >= 0.6 is 0 Å². The van der Waals surface area contributed by atoms with E-state index in [1.165, 1.54) is 18.2 Å². The van der Waals surface area contributed by atoms with Crippen molar-refractivity contribution in [3.63, 3.8) is 0 Å².